The molecule has 0 aliphatic rings. The highest BCUT2D eigenvalue weighted by molar-refractivity contribution is 5.85. The van der Waals surface area contributed by atoms with Crippen LogP contribution in [0.4, 0.5) is 10.1 Å². The van der Waals surface area contributed by atoms with Crippen LogP contribution in [0.2, 0.25) is 0 Å². The quantitative estimate of drug-likeness (QED) is 0.912. The summed E-state index contributed by atoms with van der Waals surface area (Å²) in [6.07, 6.45) is 0. The molecule has 1 aromatic carbocycles. The highest BCUT2D eigenvalue weighted by Gasteiger charge is 2.10. The Bertz CT molecular complexity index is 503. The van der Waals surface area contributed by atoms with Crippen molar-refractivity contribution < 1.29 is 8.91 Å². The molecular weight excluding hydrogens is 271 g/mol. The summed E-state index contributed by atoms with van der Waals surface area (Å²) >= 11 is 0. The lowest BCUT2D eigenvalue weighted by Gasteiger charge is -2.21. The fourth-order valence-corrected chi connectivity index (χ4v) is 1.65. The second-order valence-electron chi connectivity index (χ2n) is 3.80. The molecule has 0 spiro atoms. The monoisotopic (exact) mass is 286 g/mol. The van der Waals surface area contributed by atoms with Gasteiger partial charge in [-0.15, -0.1) is 12.4 Å². The number of benzene rings is 1. The van der Waals surface area contributed by atoms with E-state index in [2.05, 4.69) is 10.1 Å². The number of rotatable bonds is 5. The number of halogens is 2. The molecule has 0 aliphatic heterocycles. The second-order valence-corrected chi connectivity index (χ2v) is 3.80. The first-order valence-corrected chi connectivity index (χ1v) is 5.75. The first kappa shape index (κ1) is 15.4. The maximum Gasteiger partial charge on any atom is 0.240 e. The lowest BCUT2D eigenvalue weighted by Crippen LogP contribution is -2.22. The lowest BCUT2D eigenvalue weighted by molar-refractivity contribution is 0.374. The van der Waals surface area contributed by atoms with Crippen LogP contribution in [0.15, 0.2) is 28.8 Å². The Labute approximate surface area is 117 Å². The summed E-state index contributed by atoms with van der Waals surface area (Å²) in [5.41, 5.74) is 6.32. The molecule has 0 bridgehead atoms. The lowest BCUT2D eigenvalue weighted by atomic mass is 10.2. The number of hydrogen-bond donors (Lipinski definition) is 1. The van der Waals surface area contributed by atoms with E-state index in [1.807, 2.05) is 11.8 Å². The molecule has 5 nitrogen and oxygen atoms in total. The fraction of sp³-hybridized carbons (Fsp3) is 0.333. The number of nitrogens with zero attached hydrogens (tertiary/aromatic N) is 3. The third-order valence-electron chi connectivity index (χ3n) is 2.59. The maximum atomic E-state index is 12.9. The molecule has 1 aromatic heterocycles. The van der Waals surface area contributed by atoms with Crippen molar-refractivity contribution in [2.24, 2.45) is 5.73 Å². The van der Waals surface area contributed by atoms with Crippen LogP contribution in [0.1, 0.15) is 18.6 Å². The number of hydrogen-bond acceptors (Lipinski definition) is 5. The van der Waals surface area contributed by atoms with Crippen LogP contribution in [0.25, 0.3) is 0 Å². The zero-order valence-electron chi connectivity index (χ0n) is 10.5. The zero-order valence-corrected chi connectivity index (χ0v) is 11.4. The summed E-state index contributed by atoms with van der Waals surface area (Å²) in [6.45, 7) is 3.51. The zero-order chi connectivity index (χ0) is 13.0. The van der Waals surface area contributed by atoms with Gasteiger partial charge in [0.05, 0.1) is 13.1 Å². The maximum absolute atomic E-state index is 12.9. The van der Waals surface area contributed by atoms with E-state index in [1.165, 1.54) is 12.1 Å². The van der Waals surface area contributed by atoms with Crippen LogP contribution in [0, 0.1) is 5.82 Å². The van der Waals surface area contributed by atoms with E-state index in [1.54, 1.807) is 12.1 Å². The summed E-state index contributed by atoms with van der Waals surface area (Å²) in [5.74, 6) is 0.738. The average molecular weight is 287 g/mol. The molecule has 0 saturated carbocycles. The smallest absolute Gasteiger partial charge is 0.240 e. The normalized spacial score (nSPS) is 10.1. The van der Waals surface area contributed by atoms with Gasteiger partial charge in [0.2, 0.25) is 5.89 Å². The van der Waals surface area contributed by atoms with Crippen molar-refractivity contribution in [3.63, 3.8) is 0 Å². The molecule has 1 heterocycles. The van der Waals surface area contributed by atoms with Gasteiger partial charge in [-0.2, -0.15) is 4.98 Å². The number of aromatic nitrogens is 2. The molecule has 104 valence electrons. The first-order valence-electron chi connectivity index (χ1n) is 5.75. The molecule has 2 rings (SSSR count). The molecule has 0 fully saturated rings. The van der Waals surface area contributed by atoms with Gasteiger partial charge in [-0.25, -0.2) is 4.39 Å². The average Bonchev–Trinajstić information content (AvgIpc) is 2.85. The largest absolute Gasteiger partial charge is 0.364 e. The molecule has 2 aromatic rings. The fourth-order valence-electron chi connectivity index (χ4n) is 1.65. The predicted molar refractivity (Wildman–Crippen MR) is 72.6 cm³/mol. The van der Waals surface area contributed by atoms with E-state index in [-0.39, 0.29) is 24.8 Å². The second kappa shape index (κ2) is 7.06. The summed E-state index contributed by atoms with van der Waals surface area (Å²) in [6, 6.07) is 6.31. The van der Waals surface area contributed by atoms with E-state index in [0.717, 1.165) is 12.2 Å². The Kier molecular flexibility index (Phi) is 5.72. The van der Waals surface area contributed by atoms with Crippen LogP contribution in [-0.2, 0) is 13.1 Å². The first-order chi connectivity index (χ1) is 8.72. The molecule has 19 heavy (non-hydrogen) atoms. The number of anilines is 1. The van der Waals surface area contributed by atoms with Crippen molar-refractivity contribution in [3.8, 4) is 0 Å². The van der Waals surface area contributed by atoms with Gasteiger partial charge in [-0.05, 0) is 31.2 Å². The van der Waals surface area contributed by atoms with Crippen LogP contribution in [0.5, 0.6) is 0 Å². The van der Waals surface area contributed by atoms with Gasteiger partial charge < -0.3 is 15.2 Å². The van der Waals surface area contributed by atoms with Crippen molar-refractivity contribution in [3.05, 3.63) is 41.8 Å². The Balaban J connectivity index is 0.00000180. The highest BCUT2D eigenvalue weighted by atomic mass is 35.5. The molecule has 0 atom stereocenters. The third-order valence-corrected chi connectivity index (χ3v) is 2.59. The molecule has 0 saturated heterocycles. The highest BCUT2D eigenvalue weighted by Crippen LogP contribution is 2.16. The Morgan fingerprint density at radius 2 is 2.00 bits per heavy atom. The molecule has 2 N–H and O–H groups in total. The number of nitrogens with two attached hydrogens (primary N) is 1. The van der Waals surface area contributed by atoms with E-state index >= 15 is 0 Å². The van der Waals surface area contributed by atoms with Crippen LogP contribution >= 0.6 is 12.4 Å². The predicted octanol–water partition coefficient (Wildman–Crippen LogP) is 2.12. The van der Waals surface area contributed by atoms with Gasteiger partial charge >= 0.3 is 0 Å². The van der Waals surface area contributed by atoms with Crippen molar-refractivity contribution in [1.29, 1.82) is 0 Å². The summed E-state index contributed by atoms with van der Waals surface area (Å²) in [5, 5.41) is 3.84. The van der Waals surface area contributed by atoms with Gasteiger partial charge in [0.1, 0.15) is 5.82 Å². The van der Waals surface area contributed by atoms with E-state index in [0.29, 0.717) is 18.3 Å². The minimum atomic E-state index is -0.250. The summed E-state index contributed by atoms with van der Waals surface area (Å²) in [7, 11) is 0. The standard InChI is InChI=1S/C12H15FN4O.ClH/c1-2-17(10-5-3-9(13)4-6-10)8-11-15-12(7-14)18-16-11;/h3-6H,2,7-8,14H2,1H3;1H. The van der Waals surface area contributed by atoms with Gasteiger partial charge in [0.25, 0.3) is 0 Å². The summed E-state index contributed by atoms with van der Waals surface area (Å²) < 4.78 is 17.8. The third kappa shape index (κ3) is 3.90. The Hall–Kier alpha value is -1.66. The van der Waals surface area contributed by atoms with Crippen LogP contribution in [-0.4, -0.2) is 16.7 Å². The van der Waals surface area contributed by atoms with Crippen LogP contribution in [0.3, 0.4) is 0 Å². The molecule has 0 amide bonds. The van der Waals surface area contributed by atoms with Gasteiger partial charge in [0, 0.05) is 12.2 Å². The van der Waals surface area contributed by atoms with Crippen molar-refractivity contribution in [1.82, 2.24) is 10.1 Å². The molecule has 0 radical (unpaired) electrons. The molecular formula is C12H16ClFN4O. The topological polar surface area (TPSA) is 68.2 Å². The molecule has 0 aliphatic carbocycles. The minimum Gasteiger partial charge on any atom is -0.364 e. The molecule has 0 unspecified atom stereocenters. The minimum absolute atomic E-state index is 0. The Morgan fingerprint density at radius 1 is 1.32 bits per heavy atom. The van der Waals surface area contributed by atoms with Crippen molar-refractivity contribution in [2.45, 2.75) is 20.0 Å². The van der Waals surface area contributed by atoms with Gasteiger partial charge in [-0.1, -0.05) is 5.16 Å². The molecule has 7 heteroatoms. The van der Waals surface area contributed by atoms with Gasteiger partial charge in [-0.3, -0.25) is 0 Å². The van der Waals surface area contributed by atoms with E-state index < -0.39 is 0 Å². The van der Waals surface area contributed by atoms with Crippen LogP contribution < -0.4 is 10.6 Å². The SMILES string of the molecule is CCN(Cc1noc(CN)n1)c1ccc(F)cc1.Cl. The van der Waals surface area contributed by atoms with Gasteiger partial charge in [0.15, 0.2) is 5.82 Å². The Morgan fingerprint density at radius 3 is 2.53 bits per heavy atom. The van der Waals surface area contributed by atoms with E-state index in [9.17, 15) is 4.39 Å². The van der Waals surface area contributed by atoms with Crippen molar-refractivity contribution >= 4 is 18.1 Å². The summed E-state index contributed by atoms with van der Waals surface area (Å²) in [4.78, 5) is 6.16. The van der Waals surface area contributed by atoms with Crippen molar-refractivity contribution in [2.75, 3.05) is 11.4 Å². The van der Waals surface area contributed by atoms with E-state index in [4.69, 9.17) is 10.3 Å².